The molecule has 0 aromatic heterocycles. The second kappa shape index (κ2) is 1.71. The van der Waals surface area contributed by atoms with E-state index in [2.05, 4.69) is 39.3 Å². The van der Waals surface area contributed by atoms with Crippen LogP contribution >= 0.6 is 0 Å². The summed E-state index contributed by atoms with van der Waals surface area (Å²) in [6.45, 7) is 13.5. The Balaban J connectivity index is 4.14. The van der Waals surface area contributed by atoms with Gasteiger partial charge in [0.2, 0.25) is 0 Å². The fourth-order valence-corrected chi connectivity index (χ4v) is 0. The first kappa shape index (κ1) is 8.43. The third kappa shape index (κ3) is 2.67. The van der Waals surface area contributed by atoms with Gasteiger partial charge < -0.3 is 0 Å². The second-order valence-corrected chi connectivity index (χ2v) is 24.0. The zero-order valence-electron chi connectivity index (χ0n) is 7.00. The van der Waals surface area contributed by atoms with E-state index in [1.54, 1.807) is 0 Å². The molecule has 2 heteroatoms. The molecule has 51 valence electrons. The van der Waals surface area contributed by atoms with Crippen LogP contribution in [0.5, 0.6) is 0 Å². The van der Waals surface area contributed by atoms with Crippen LogP contribution in [0.2, 0.25) is 39.3 Å². The fourth-order valence-electron chi connectivity index (χ4n) is 0. The Bertz CT molecular complexity index is 77.2. The van der Waals surface area contributed by atoms with Crippen LogP contribution in [-0.4, -0.2) is 15.2 Å². The van der Waals surface area contributed by atoms with Gasteiger partial charge in [-0.25, -0.2) is 0 Å². The van der Waals surface area contributed by atoms with Crippen LogP contribution in [0, 0.1) is 0 Å². The Kier molecular flexibility index (Phi) is 1.80. The summed E-state index contributed by atoms with van der Waals surface area (Å²) in [6, 6.07) is 0. The summed E-state index contributed by atoms with van der Waals surface area (Å²) in [6.07, 6.45) is 0. The summed E-state index contributed by atoms with van der Waals surface area (Å²) < 4.78 is 0. The molecule has 0 heterocycles. The SMILES string of the molecule is C[Si](C)[Si-](C)(C)(C)C. The van der Waals surface area contributed by atoms with Crippen LogP contribution < -0.4 is 0 Å². The van der Waals surface area contributed by atoms with Gasteiger partial charge in [0.1, 0.15) is 0 Å². The second-order valence-electron chi connectivity index (χ2n) is 5.00. The van der Waals surface area contributed by atoms with Crippen LogP contribution in [-0.2, 0) is 0 Å². The third-order valence-electron chi connectivity index (χ3n) is 2.00. The van der Waals surface area contributed by atoms with E-state index >= 15 is 0 Å². The summed E-state index contributed by atoms with van der Waals surface area (Å²) in [5, 5.41) is 0. The normalized spacial score (nSPS) is 18.1. The average Bonchev–Trinajstić information content (AvgIpc) is 1.27. The van der Waals surface area contributed by atoms with Crippen LogP contribution in [0.25, 0.3) is 0 Å². The van der Waals surface area contributed by atoms with Crippen molar-refractivity contribution in [1.82, 2.24) is 0 Å². The molecule has 0 aliphatic heterocycles. The summed E-state index contributed by atoms with van der Waals surface area (Å²) in [5.74, 6) is 0. The van der Waals surface area contributed by atoms with Gasteiger partial charge in [0, 0.05) is 0 Å². The first-order chi connectivity index (χ1) is 3.20. The number of hydrogen-bond acceptors (Lipinski definition) is 0. The monoisotopic (exact) mass is 146 g/mol. The van der Waals surface area contributed by atoms with Crippen molar-refractivity contribution in [3.63, 3.8) is 0 Å². The van der Waals surface area contributed by atoms with Gasteiger partial charge in [-0.05, 0) is 0 Å². The van der Waals surface area contributed by atoms with E-state index < -0.39 is 6.87 Å². The zero-order valence-corrected chi connectivity index (χ0v) is 9.00. The van der Waals surface area contributed by atoms with Crippen LogP contribution in [0.3, 0.4) is 0 Å². The van der Waals surface area contributed by atoms with Gasteiger partial charge in [-0.3, -0.25) is 0 Å². The summed E-state index contributed by atoms with van der Waals surface area (Å²) in [5.41, 5.74) is 0. The molecule has 0 saturated heterocycles. The Hall–Kier alpha value is 0.434. The molecule has 0 N–H and O–H groups in total. The molecular formula is C6H18Si2-. The topological polar surface area (TPSA) is 0 Å². The van der Waals surface area contributed by atoms with Gasteiger partial charge in [-0.1, -0.05) is 0 Å². The summed E-state index contributed by atoms with van der Waals surface area (Å²) >= 11 is 0. The quantitative estimate of drug-likeness (QED) is 0.499. The van der Waals surface area contributed by atoms with Gasteiger partial charge in [-0.2, -0.15) is 0 Å². The number of rotatable bonds is 1. The third-order valence-corrected chi connectivity index (χ3v) is 18.0. The first-order valence-corrected chi connectivity index (χ1v) is 11.2. The molecule has 0 spiro atoms. The molecule has 1 radical (unpaired) electrons. The molecule has 8 heavy (non-hydrogen) atoms. The molecule has 0 unspecified atom stereocenters. The van der Waals surface area contributed by atoms with E-state index in [4.69, 9.17) is 0 Å². The maximum atomic E-state index is 2.48. The van der Waals surface area contributed by atoms with Crippen molar-refractivity contribution in [2.24, 2.45) is 0 Å². The Morgan fingerprint density at radius 2 is 1.00 bits per heavy atom. The minimum absolute atomic E-state index is 0.00412. The molecule has 0 bridgehead atoms. The molecule has 0 amide bonds. The minimum atomic E-state index is -1.30. The van der Waals surface area contributed by atoms with Crippen LogP contribution in [0.15, 0.2) is 0 Å². The van der Waals surface area contributed by atoms with Gasteiger partial charge in [0.15, 0.2) is 0 Å². The number of hydrogen-bond donors (Lipinski definition) is 0. The van der Waals surface area contributed by atoms with E-state index in [9.17, 15) is 0 Å². The standard InChI is InChI=1S/C6H18Si2/c1-7(2)8(3,4,5)6/h1-6H3/q-1. The Morgan fingerprint density at radius 1 is 0.875 bits per heavy atom. The predicted molar refractivity (Wildman–Crippen MR) is 46.7 cm³/mol. The zero-order chi connectivity index (χ0) is 7.02. The molecular weight excluding hydrogens is 128 g/mol. The van der Waals surface area contributed by atoms with Crippen molar-refractivity contribution in [3.8, 4) is 0 Å². The van der Waals surface area contributed by atoms with Crippen molar-refractivity contribution in [2.75, 3.05) is 0 Å². The van der Waals surface area contributed by atoms with Crippen LogP contribution in [0.4, 0.5) is 0 Å². The molecule has 0 atom stereocenters. The summed E-state index contributed by atoms with van der Waals surface area (Å²) in [4.78, 5) is 0. The van der Waals surface area contributed by atoms with Gasteiger partial charge in [0.25, 0.3) is 0 Å². The van der Waals surface area contributed by atoms with E-state index in [1.807, 2.05) is 0 Å². The van der Waals surface area contributed by atoms with Crippen molar-refractivity contribution >= 4 is 15.2 Å². The fraction of sp³-hybridized carbons (Fsp3) is 1.00. The van der Waals surface area contributed by atoms with Crippen LogP contribution in [0.1, 0.15) is 0 Å². The average molecular weight is 146 g/mol. The van der Waals surface area contributed by atoms with E-state index in [0.717, 1.165) is 0 Å². The van der Waals surface area contributed by atoms with Crippen molar-refractivity contribution in [3.05, 3.63) is 0 Å². The predicted octanol–water partition coefficient (Wildman–Crippen LogP) is 2.74. The van der Waals surface area contributed by atoms with Crippen molar-refractivity contribution in [2.45, 2.75) is 39.3 Å². The van der Waals surface area contributed by atoms with E-state index in [1.165, 1.54) is 0 Å². The van der Waals surface area contributed by atoms with E-state index in [-0.39, 0.29) is 8.31 Å². The maximum absolute atomic E-state index is 2.48. The van der Waals surface area contributed by atoms with Gasteiger partial charge in [-0.15, -0.1) is 0 Å². The van der Waals surface area contributed by atoms with Crippen molar-refractivity contribution in [1.29, 1.82) is 0 Å². The molecule has 0 aromatic rings. The Morgan fingerprint density at radius 3 is 1.00 bits per heavy atom. The molecule has 0 nitrogen and oxygen atoms in total. The molecule has 0 aliphatic rings. The van der Waals surface area contributed by atoms with Crippen molar-refractivity contribution < 1.29 is 0 Å². The molecule has 0 saturated carbocycles. The first-order valence-electron chi connectivity index (χ1n) is 3.25. The molecule has 0 rings (SSSR count). The summed E-state index contributed by atoms with van der Waals surface area (Å²) in [7, 11) is 0.00412. The molecule has 0 aromatic carbocycles. The van der Waals surface area contributed by atoms with Gasteiger partial charge >= 0.3 is 54.5 Å². The Labute approximate surface area is 55.1 Å². The van der Waals surface area contributed by atoms with Gasteiger partial charge in [0.05, 0.1) is 0 Å². The molecule has 0 aliphatic carbocycles. The van der Waals surface area contributed by atoms with E-state index in [0.29, 0.717) is 0 Å². The molecule has 0 fully saturated rings.